The third-order valence-electron chi connectivity index (χ3n) is 4.89. The molecule has 182 valence electrons. The summed E-state index contributed by atoms with van der Waals surface area (Å²) in [6, 6.07) is 12.8. The van der Waals surface area contributed by atoms with E-state index in [-0.39, 0.29) is 5.91 Å². The molecular weight excluding hydrogens is 525 g/mol. The summed E-state index contributed by atoms with van der Waals surface area (Å²) in [5.74, 6) is 2.02. The van der Waals surface area contributed by atoms with Crippen LogP contribution in [0, 0.1) is 5.92 Å². The number of hydrogen-bond acceptors (Lipinski definition) is 7. The Morgan fingerprint density at radius 3 is 2.80 bits per heavy atom. The summed E-state index contributed by atoms with van der Waals surface area (Å²) in [6.45, 7) is 4.70. The van der Waals surface area contributed by atoms with E-state index in [1.165, 1.54) is 23.1 Å². The van der Waals surface area contributed by atoms with E-state index in [0.29, 0.717) is 56.4 Å². The number of carbonyl (C=O) groups is 1. The topological polar surface area (TPSA) is 81.9 Å². The molecular formula is C24H23Cl2N5O2S2. The highest BCUT2D eigenvalue weighted by molar-refractivity contribution is 7.98. The van der Waals surface area contributed by atoms with Gasteiger partial charge in [-0.25, -0.2) is 4.98 Å². The highest BCUT2D eigenvalue weighted by atomic mass is 35.5. The van der Waals surface area contributed by atoms with Crippen LogP contribution in [0.1, 0.15) is 29.3 Å². The van der Waals surface area contributed by atoms with Crippen molar-refractivity contribution < 1.29 is 9.53 Å². The standard InChI is InChI=1S/C24H23Cl2N5O2S2/c1-14(2)11-27-23(32)19-12-34-21(28-19)13-35-24-30-29-22(15-5-4-6-17(9-15)33-3)31(24)20-10-16(25)7-8-18(20)26/h4-10,12,14H,11,13H2,1-3H3,(H,27,32). The van der Waals surface area contributed by atoms with E-state index in [1.54, 1.807) is 30.7 Å². The van der Waals surface area contributed by atoms with Crippen LogP contribution in [0.25, 0.3) is 17.1 Å². The highest BCUT2D eigenvalue weighted by Gasteiger charge is 2.20. The van der Waals surface area contributed by atoms with Crippen molar-refractivity contribution in [3.8, 4) is 22.8 Å². The Morgan fingerprint density at radius 1 is 1.20 bits per heavy atom. The lowest BCUT2D eigenvalue weighted by atomic mass is 10.2. The quantitative estimate of drug-likeness (QED) is 0.244. The smallest absolute Gasteiger partial charge is 0.270 e. The van der Waals surface area contributed by atoms with Gasteiger partial charge in [-0.1, -0.05) is 60.9 Å². The molecule has 0 radical (unpaired) electrons. The normalized spacial score (nSPS) is 11.1. The second-order valence-electron chi connectivity index (χ2n) is 7.99. The van der Waals surface area contributed by atoms with Crippen LogP contribution in [0.15, 0.2) is 53.0 Å². The fraction of sp³-hybridized carbons (Fsp3) is 0.250. The van der Waals surface area contributed by atoms with Gasteiger partial charge in [0.25, 0.3) is 5.91 Å². The molecule has 0 aliphatic rings. The van der Waals surface area contributed by atoms with E-state index >= 15 is 0 Å². The number of methoxy groups -OCH3 is 1. The molecule has 4 aromatic rings. The van der Waals surface area contributed by atoms with Gasteiger partial charge in [0.15, 0.2) is 11.0 Å². The third-order valence-corrected chi connectivity index (χ3v) is 7.42. The molecule has 35 heavy (non-hydrogen) atoms. The lowest BCUT2D eigenvalue weighted by Gasteiger charge is -2.12. The average Bonchev–Trinajstić information content (AvgIpc) is 3.50. The van der Waals surface area contributed by atoms with E-state index in [1.807, 2.05) is 42.7 Å². The third kappa shape index (κ3) is 6.16. The number of ether oxygens (including phenoxy) is 1. The molecule has 2 aromatic heterocycles. The number of halogens is 2. The van der Waals surface area contributed by atoms with Crippen LogP contribution in [-0.4, -0.2) is 39.3 Å². The maximum Gasteiger partial charge on any atom is 0.270 e. The Balaban J connectivity index is 1.64. The number of hydrogen-bond donors (Lipinski definition) is 1. The summed E-state index contributed by atoms with van der Waals surface area (Å²) < 4.78 is 7.25. The van der Waals surface area contributed by atoms with Gasteiger partial charge in [-0.15, -0.1) is 21.5 Å². The number of amides is 1. The molecule has 0 saturated carbocycles. The van der Waals surface area contributed by atoms with Gasteiger partial charge in [0.2, 0.25) is 0 Å². The number of carbonyl (C=O) groups excluding carboxylic acids is 1. The van der Waals surface area contributed by atoms with Crippen molar-refractivity contribution in [1.82, 2.24) is 25.1 Å². The zero-order chi connectivity index (χ0) is 24.9. The van der Waals surface area contributed by atoms with Crippen LogP contribution in [0.2, 0.25) is 10.0 Å². The Kier molecular flexibility index (Phi) is 8.33. The van der Waals surface area contributed by atoms with Crippen LogP contribution in [0.5, 0.6) is 5.75 Å². The van der Waals surface area contributed by atoms with Crippen LogP contribution < -0.4 is 10.1 Å². The first-order valence-corrected chi connectivity index (χ1v) is 13.4. The molecule has 11 heteroatoms. The van der Waals surface area contributed by atoms with Gasteiger partial charge < -0.3 is 10.1 Å². The summed E-state index contributed by atoms with van der Waals surface area (Å²) in [4.78, 5) is 16.8. The monoisotopic (exact) mass is 547 g/mol. The molecule has 2 heterocycles. The molecule has 2 aromatic carbocycles. The zero-order valence-electron chi connectivity index (χ0n) is 19.3. The van der Waals surface area contributed by atoms with Crippen molar-refractivity contribution in [2.45, 2.75) is 24.8 Å². The number of thiazole rings is 1. The summed E-state index contributed by atoms with van der Waals surface area (Å²) >= 11 is 15.7. The van der Waals surface area contributed by atoms with Crippen molar-refractivity contribution >= 4 is 52.2 Å². The molecule has 1 N–H and O–H groups in total. The average molecular weight is 549 g/mol. The lowest BCUT2D eigenvalue weighted by Crippen LogP contribution is -2.27. The van der Waals surface area contributed by atoms with Crippen molar-refractivity contribution in [2.75, 3.05) is 13.7 Å². The predicted molar refractivity (Wildman–Crippen MR) is 142 cm³/mol. The maximum absolute atomic E-state index is 12.3. The maximum atomic E-state index is 12.3. The van der Waals surface area contributed by atoms with E-state index in [4.69, 9.17) is 27.9 Å². The minimum atomic E-state index is -0.166. The Bertz CT molecular complexity index is 1340. The Labute approximate surface area is 221 Å². The van der Waals surface area contributed by atoms with E-state index in [2.05, 4.69) is 20.5 Å². The van der Waals surface area contributed by atoms with Crippen molar-refractivity contribution in [3.05, 3.63) is 68.6 Å². The van der Waals surface area contributed by atoms with Crippen LogP contribution >= 0.6 is 46.3 Å². The highest BCUT2D eigenvalue weighted by Crippen LogP contribution is 2.35. The van der Waals surface area contributed by atoms with Gasteiger partial charge in [0.05, 0.1) is 23.6 Å². The molecule has 0 saturated heterocycles. The van der Waals surface area contributed by atoms with Crippen molar-refractivity contribution in [2.24, 2.45) is 5.92 Å². The van der Waals surface area contributed by atoms with E-state index in [0.717, 1.165) is 10.6 Å². The molecule has 0 aliphatic heterocycles. The summed E-state index contributed by atoms with van der Waals surface area (Å²) in [5, 5.41) is 16.0. The van der Waals surface area contributed by atoms with Gasteiger partial charge in [0, 0.05) is 22.5 Å². The Hall–Kier alpha value is -2.59. The molecule has 0 unspecified atom stereocenters. The lowest BCUT2D eigenvalue weighted by molar-refractivity contribution is 0.0944. The summed E-state index contributed by atoms with van der Waals surface area (Å²) in [6.07, 6.45) is 0. The first-order valence-electron chi connectivity index (χ1n) is 10.8. The van der Waals surface area contributed by atoms with Gasteiger partial charge in [-0.05, 0) is 36.2 Å². The van der Waals surface area contributed by atoms with Gasteiger partial charge in [-0.2, -0.15) is 0 Å². The number of nitrogens with zero attached hydrogens (tertiary/aromatic N) is 4. The summed E-state index contributed by atoms with van der Waals surface area (Å²) in [5.41, 5.74) is 1.90. The fourth-order valence-corrected chi connectivity index (χ4v) is 5.29. The largest absolute Gasteiger partial charge is 0.497 e. The zero-order valence-corrected chi connectivity index (χ0v) is 22.4. The van der Waals surface area contributed by atoms with Gasteiger partial charge in [0.1, 0.15) is 16.5 Å². The molecule has 1 amide bonds. The minimum absolute atomic E-state index is 0.166. The first-order chi connectivity index (χ1) is 16.9. The number of rotatable bonds is 9. The fourth-order valence-electron chi connectivity index (χ4n) is 3.18. The van der Waals surface area contributed by atoms with Gasteiger partial charge >= 0.3 is 0 Å². The number of aromatic nitrogens is 4. The van der Waals surface area contributed by atoms with Crippen LogP contribution in [0.4, 0.5) is 0 Å². The SMILES string of the molecule is COc1cccc(-c2nnc(SCc3nc(C(=O)NCC(C)C)cs3)n2-c2cc(Cl)ccc2Cl)c1. The molecule has 0 bridgehead atoms. The summed E-state index contributed by atoms with van der Waals surface area (Å²) in [7, 11) is 1.62. The van der Waals surface area contributed by atoms with E-state index < -0.39 is 0 Å². The van der Waals surface area contributed by atoms with Gasteiger partial charge in [-0.3, -0.25) is 9.36 Å². The molecule has 0 fully saturated rings. The number of benzene rings is 2. The van der Waals surface area contributed by atoms with E-state index in [9.17, 15) is 4.79 Å². The molecule has 0 spiro atoms. The molecule has 4 rings (SSSR count). The minimum Gasteiger partial charge on any atom is -0.497 e. The predicted octanol–water partition coefficient (Wildman–Crippen LogP) is 6.38. The number of nitrogens with one attached hydrogen (secondary N) is 1. The van der Waals surface area contributed by atoms with Crippen LogP contribution in [-0.2, 0) is 5.75 Å². The van der Waals surface area contributed by atoms with Crippen molar-refractivity contribution in [1.29, 1.82) is 0 Å². The second-order valence-corrected chi connectivity index (χ2v) is 10.7. The first kappa shape index (κ1) is 25.5. The molecule has 0 aliphatic carbocycles. The molecule has 7 nitrogen and oxygen atoms in total. The molecule has 0 atom stereocenters. The van der Waals surface area contributed by atoms with Crippen LogP contribution in [0.3, 0.4) is 0 Å². The number of thioether (sulfide) groups is 1. The Morgan fingerprint density at radius 2 is 2.03 bits per heavy atom. The second kappa shape index (κ2) is 11.4. The van der Waals surface area contributed by atoms with Crippen molar-refractivity contribution in [3.63, 3.8) is 0 Å².